The minimum absolute atomic E-state index is 0.734. The van der Waals surface area contributed by atoms with Crippen molar-refractivity contribution in [2.45, 2.75) is 6.54 Å². The Morgan fingerprint density at radius 2 is 1.39 bits per heavy atom. The molecule has 0 fully saturated rings. The molecule has 4 heteroatoms. The predicted octanol–water partition coefficient (Wildman–Crippen LogP) is 4.30. The van der Waals surface area contributed by atoms with E-state index in [1.54, 1.807) is 0 Å². The zero-order chi connectivity index (χ0) is 15.5. The summed E-state index contributed by atoms with van der Waals surface area (Å²) in [5.41, 5.74) is 5.33. The van der Waals surface area contributed by atoms with Crippen LogP contribution in [0.4, 0.5) is 11.4 Å². The van der Waals surface area contributed by atoms with Crippen LogP contribution >= 0.6 is 0 Å². The van der Waals surface area contributed by atoms with Crippen LogP contribution in [0.15, 0.2) is 78.9 Å². The fourth-order valence-electron chi connectivity index (χ4n) is 2.77. The summed E-state index contributed by atoms with van der Waals surface area (Å²) in [7, 11) is 0. The first-order valence-electron chi connectivity index (χ1n) is 7.58. The summed E-state index contributed by atoms with van der Waals surface area (Å²) < 4.78 is 0. The molecule has 0 amide bonds. The number of nitrogens with one attached hydrogen (secondary N) is 1. The normalized spacial score (nSPS) is 10.8. The summed E-state index contributed by atoms with van der Waals surface area (Å²) in [6.45, 7) is 0.734. The summed E-state index contributed by atoms with van der Waals surface area (Å²) >= 11 is 0. The maximum absolute atomic E-state index is 4.23. The quantitative estimate of drug-likeness (QED) is 0.611. The van der Waals surface area contributed by atoms with Crippen molar-refractivity contribution in [1.82, 2.24) is 15.4 Å². The average Bonchev–Trinajstić information content (AvgIpc) is 3.11. The molecular formula is C19H16N4. The van der Waals surface area contributed by atoms with E-state index in [0.717, 1.165) is 34.5 Å². The number of H-pyrrole nitrogens is 1. The van der Waals surface area contributed by atoms with Gasteiger partial charge in [-0.15, -0.1) is 5.10 Å². The highest BCUT2D eigenvalue weighted by Gasteiger charge is 2.12. The lowest BCUT2D eigenvalue weighted by molar-refractivity contribution is 0.946. The van der Waals surface area contributed by atoms with Gasteiger partial charge in [-0.25, -0.2) is 0 Å². The van der Waals surface area contributed by atoms with Gasteiger partial charge in [0.15, 0.2) is 0 Å². The number of anilines is 2. The molecule has 0 aliphatic carbocycles. The molecule has 0 unspecified atom stereocenters. The number of para-hydroxylation sites is 2. The van der Waals surface area contributed by atoms with Crippen molar-refractivity contribution in [3.8, 4) is 0 Å². The van der Waals surface area contributed by atoms with Gasteiger partial charge in [0.05, 0.1) is 12.1 Å². The molecule has 4 rings (SSSR count). The molecule has 4 aromatic rings. The third-order valence-corrected chi connectivity index (χ3v) is 3.90. The maximum Gasteiger partial charge on any atom is 0.117 e. The first kappa shape index (κ1) is 13.5. The predicted molar refractivity (Wildman–Crippen MR) is 92.6 cm³/mol. The number of fused-ring (bicyclic) bond motifs is 1. The van der Waals surface area contributed by atoms with Gasteiger partial charge in [-0.1, -0.05) is 53.7 Å². The van der Waals surface area contributed by atoms with Crippen LogP contribution in [0.25, 0.3) is 11.0 Å². The Balaban J connectivity index is 1.79. The molecule has 0 aliphatic heterocycles. The topological polar surface area (TPSA) is 44.8 Å². The molecular weight excluding hydrogens is 284 g/mol. The van der Waals surface area contributed by atoms with Gasteiger partial charge in [-0.05, 0) is 30.3 Å². The van der Waals surface area contributed by atoms with E-state index < -0.39 is 0 Å². The van der Waals surface area contributed by atoms with Crippen molar-refractivity contribution in [3.63, 3.8) is 0 Å². The summed E-state index contributed by atoms with van der Waals surface area (Å²) in [5.74, 6) is 0. The van der Waals surface area contributed by atoms with Crippen molar-refractivity contribution in [2.75, 3.05) is 4.90 Å². The number of nitrogens with zero attached hydrogens (tertiary/aromatic N) is 3. The van der Waals surface area contributed by atoms with Gasteiger partial charge in [0.2, 0.25) is 0 Å². The Hall–Kier alpha value is -3.14. The van der Waals surface area contributed by atoms with Crippen LogP contribution in [0.5, 0.6) is 0 Å². The standard InChI is InChI=1S/C19H16N4/c1-3-9-16(10-4-1)23(17-11-5-2-6-12-17)14-15-8-7-13-18-19(15)21-22-20-18/h1-13H,14H2,(H,20,21,22). The SMILES string of the molecule is c1ccc(N(Cc2cccc3[nH]nnc23)c2ccccc2)cc1. The zero-order valence-corrected chi connectivity index (χ0v) is 12.6. The number of hydrogen-bond acceptors (Lipinski definition) is 3. The van der Waals surface area contributed by atoms with E-state index in [4.69, 9.17) is 0 Å². The van der Waals surface area contributed by atoms with Gasteiger partial charge in [0.1, 0.15) is 5.52 Å². The maximum atomic E-state index is 4.23. The third-order valence-electron chi connectivity index (χ3n) is 3.90. The van der Waals surface area contributed by atoms with E-state index in [0.29, 0.717) is 0 Å². The highest BCUT2D eigenvalue weighted by Crippen LogP contribution is 2.28. The van der Waals surface area contributed by atoms with Crippen LogP contribution in [-0.2, 0) is 6.54 Å². The molecule has 0 atom stereocenters. The molecule has 23 heavy (non-hydrogen) atoms. The molecule has 0 saturated heterocycles. The van der Waals surface area contributed by atoms with Crippen molar-refractivity contribution in [3.05, 3.63) is 84.4 Å². The fraction of sp³-hybridized carbons (Fsp3) is 0.0526. The Bertz CT molecular complexity index is 861. The second kappa shape index (κ2) is 5.93. The van der Waals surface area contributed by atoms with Crippen molar-refractivity contribution in [2.24, 2.45) is 0 Å². The summed E-state index contributed by atoms with van der Waals surface area (Å²) in [5, 5.41) is 11.1. The van der Waals surface area contributed by atoms with Crippen molar-refractivity contribution in [1.29, 1.82) is 0 Å². The Morgan fingerprint density at radius 1 is 0.739 bits per heavy atom. The Kier molecular flexibility index (Phi) is 3.48. The van der Waals surface area contributed by atoms with E-state index in [-0.39, 0.29) is 0 Å². The van der Waals surface area contributed by atoms with Crippen LogP contribution in [0.2, 0.25) is 0 Å². The second-order valence-corrected chi connectivity index (χ2v) is 5.38. The fourth-order valence-corrected chi connectivity index (χ4v) is 2.77. The van der Waals surface area contributed by atoms with Gasteiger partial charge in [0.25, 0.3) is 0 Å². The highest BCUT2D eigenvalue weighted by molar-refractivity contribution is 5.78. The molecule has 1 aromatic heterocycles. The van der Waals surface area contributed by atoms with Crippen LogP contribution in [-0.4, -0.2) is 15.4 Å². The van der Waals surface area contributed by atoms with Gasteiger partial charge >= 0.3 is 0 Å². The number of aromatic amines is 1. The second-order valence-electron chi connectivity index (χ2n) is 5.38. The molecule has 0 radical (unpaired) electrons. The van der Waals surface area contributed by atoms with Crippen LogP contribution in [0.1, 0.15) is 5.56 Å². The van der Waals surface area contributed by atoms with Crippen LogP contribution < -0.4 is 4.90 Å². The molecule has 0 spiro atoms. The van der Waals surface area contributed by atoms with E-state index in [1.165, 1.54) is 0 Å². The molecule has 4 nitrogen and oxygen atoms in total. The third kappa shape index (κ3) is 2.66. The van der Waals surface area contributed by atoms with E-state index in [1.807, 2.05) is 24.3 Å². The molecule has 1 heterocycles. The van der Waals surface area contributed by atoms with Crippen LogP contribution in [0.3, 0.4) is 0 Å². The molecule has 3 aromatic carbocycles. The Labute approximate surface area is 134 Å². The van der Waals surface area contributed by atoms with E-state index in [9.17, 15) is 0 Å². The molecule has 1 N–H and O–H groups in total. The van der Waals surface area contributed by atoms with Gasteiger partial charge in [0, 0.05) is 16.9 Å². The van der Waals surface area contributed by atoms with E-state index >= 15 is 0 Å². The van der Waals surface area contributed by atoms with E-state index in [2.05, 4.69) is 74.9 Å². The van der Waals surface area contributed by atoms with Gasteiger partial charge in [-0.3, -0.25) is 5.10 Å². The van der Waals surface area contributed by atoms with Crippen molar-refractivity contribution < 1.29 is 0 Å². The lowest BCUT2D eigenvalue weighted by Crippen LogP contribution is -2.16. The average molecular weight is 300 g/mol. The largest absolute Gasteiger partial charge is 0.337 e. The van der Waals surface area contributed by atoms with Crippen LogP contribution in [0, 0.1) is 0 Å². The Morgan fingerprint density at radius 3 is 2.04 bits per heavy atom. The zero-order valence-electron chi connectivity index (χ0n) is 12.6. The molecule has 0 aliphatic rings. The number of rotatable bonds is 4. The first-order valence-corrected chi connectivity index (χ1v) is 7.58. The lowest BCUT2D eigenvalue weighted by Gasteiger charge is -2.25. The van der Waals surface area contributed by atoms with Gasteiger partial charge in [-0.2, -0.15) is 0 Å². The smallest absolute Gasteiger partial charge is 0.117 e. The number of benzene rings is 3. The minimum Gasteiger partial charge on any atom is -0.337 e. The number of aromatic nitrogens is 3. The van der Waals surface area contributed by atoms with Crippen molar-refractivity contribution >= 4 is 22.4 Å². The summed E-state index contributed by atoms with van der Waals surface area (Å²) in [4.78, 5) is 2.28. The summed E-state index contributed by atoms with van der Waals surface area (Å²) in [6.07, 6.45) is 0. The first-order chi connectivity index (χ1) is 11.4. The van der Waals surface area contributed by atoms with Gasteiger partial charge < -0.3 is 4.90 Å². The number of hydrogen-bond donors (Lipinski definition) is 1. The summed E-state index contributed by atoms with van der Waals surface area (Å²) in [6, 6.07) is 26.9. The monoisotopic (exact) mass is 300 g/mol. The molecule has 112 valence electrons. The lowest BCUT2D eigenvalue weighted by atomic mass is 10.1. The highest BCUT2D eigenvalue weighted by atomic mass is 15.3. The molecule has 0 saturated carbocycles. The molecule has 0 bridgehead atoms. The minimum atomic E-state index is 0.734.